The SMILES string of the molecule is Cc1ccc2[nH]c(=O)c(-c3cn(CCCN)c4cc(OCc5ccccc5)ccc34)nc2c1. The fourth-order valence-corrected chi connectivity index (χ4v) is 4.11. The molecule has 0 aliphatic heterocycles. The molecule has 166 valence electrons. The highest BCUT2D eigenvalue weighted by Gasteiger charge is 2.16. The van der Waals surface area contributed by atoms with Crippen molar-refractivity contribution in [1.29, 1.82) is 0 Å². The summed E-state index contributed by atoms with van der Waals surface area (Å²) in [4.78, 5) is 20.7. The van der Waals surface area contributed by atoms with Gasteiger partial charge < -0.3 is 20.0 Å². The predicted octanol–water partition coefficient (Wildman–Crippen LogP) is 4.78. The number of aryl methyl sites for hydroxylation is 2. The number of nitrogens with one attached hydrogen (secondary N) is 1. The Morgan fingerprint density at radius 2 is 1.91 bits per heavy atom. The van der Waals surface area contributed by atoms with Crippen molar-refractivity contribution in [3.05, 3.63) is 94.4 Å². The van der Waals surface area contributed by atoms with Crippen LogP contribution in [0, 0.1) is 6.92 Å². The van der Waals surface area contributed by atoms with Crippen molar-refractivity contribution >= 4 is 21.9 Å². The molecule has 0 saturated heterocycles. The number of nitrogens with two attached hydrogens (primary N) is 1. The normalized spacial score (nSPS) is 11.3. The minimum atomic E-state index is -0.200. The molecular weight excluding hydrogens is 412 g/mol. The second-order valence-electron chi connectivity index (χ2n) is 8.27. The minimum absolute atomic E-state index is 0.200. The first-order valence-corrected chi connectivity index (χ1v) is 11.1. The lowest BCUT2D eigenvalue weighted by atomic mass is 10.1. The average Bonchev–Trinajstić information content (AvgIpc) is 3.19. The lowest BCUT2D eigenvalue weighted by molar-refractivity contribution is 0.306. The molecule has 2 aromatic heterocycles. The third-order valence-electron chi connectivity index (χ3n) is 5.81. The first kappa shape index (κ1) is 21.0. The number of hydrogen-bond acceptors (Lipinski definition) is 4. The van der Waals surface area contributed by atoms with Gasteiger partial charge in [0.1, 0.15) is 18.1 Å². The van der Waals surface area contributed by atoms with Crippen LogP contribution in [0.15, 0.2) is 77.7 Å². The highest BCUT2D eigenvalue weighted by molar-refractivity contribution is 5.96. The van der Waals surface area contributed by atoms with Crippen LogP contribution < -0.4 is 16.0 Å². The van der Waals surface area contributed by atoms with Gasteiger partial charge in [0.15, 0.2) is 0 Å². The number of H-pyrrole nitrogens is 1. The van der Waals surface area contributed by atoms with E-state index in [1.165, 1.54) is 0 Å². The third-order valence-corrected chi connectivity index (χ3v) is 5.81. The van der Waals surface area contributed by atoms with E-state index >= 15 is 0 Å². The zero-order valence-corrected chi connectivity index (χ0v) is 18.5. The lowest BCUT2D eigenvalue weighted by Gasteiger charge is -2.08. The molecule has 0 aliphatic carbocycles. The van der Waals surface area contributed by atoms with Gasteiger partial charge in [0.2, 0.25) is 0 Å². The van der Waals surface area contributed by atoms with Crippen molar-refractivity contribution in [2.24, 2.45) is 5.73 Å². The summed E-state index contributed by atoms with van der Waals surface area (Å²) < 4.78 is 8.18. The topological polar surface area (TPSA) is 85.9 Å². The van der Waals surface area contributed by atoms with Gasteiger partial charge in [0.25, 0.3) is 5.56 Å². The molecule has 0 unspecified atom stereocenters. The Bertz CT molecular complexity index is 1490. The summed E-state index contributed by atoms with van der Waals surface area (Å²) in [6.45, 7) is 3.85. The van der Waals surface area contributed by atoms with Crippen LogP contribution in [-0.2, 0) is 13.2 Å². The van der Waals surface area contributed by atoms with Crippen molar-refractivity contribution in [2.75, 3.05) is 6.54 Å². The molecule has 0 bridgehead atoms. The highest BCUT2D eigenvalue weighted by Crippen LogP contribution is 2.32. The number of nitrogens with zero attached hydrogens (tertiary/aromatic N) is 2. The smallest absolute Gasteiger partial charge is 0.275 e. The van der Waals surface area contributed by atoms with Gasteiger partial charge >= 0.3 is 0 Å². The molecule has 0 saturated carbocycles. The van der Waals surface area contributed by atoms with E-state index in [0.717, 1.165) is 57.3 Å². The van der Waals surface area contributed by atoms with E-state index in [1.807, 2.05) is 79.9 Å². The molecule has 5 aromatic rings. The minimum Gasteiger partial charge on any atom is -0.489 e. The molecule has 6 nitrogen and oxygen atoms in total. The van der Waals surface area contributed by atoms with Gasteiger partial charge in [-0.05, 0) is 55.3 Å². The van der Waals surface area contributed by atoms with Crippen LogP contribution in [0.2, 0.25) is 0 Å². The summed E-state index contributed by atoms with van der Waals surface area (Å²) in [6.07, 6.45) is 2.83. The Hall–Kier alpha value is -3.90. The fraction of sp³-hybridized carbons (Fsp3) is 0.185. The van der Waals surface area contributed by atoms with Gasteiger partial charge in [-0.2, -0.15) is 0 Å². The van der Waals surface area contributed by atoms with Crippen molar-refractivity contribution in [1.82, 2.24) is 14.5 Å². The van der Waals surface area contributed by atoms with E-state index in [1.54, 1.807) is 0 Å². The molecule has 2 heterocycles. The van der Waals surface area contributed by atoms with Crippen LogP contribution in [0.4, 0.5) is 0 Å². The zero-order chi connectivity index (χ0) is 22.8. The van der Waals surface area contributed by atoms with E-state index in [9.17, 15) is 4.79 Å². The van der Waals surface area contributed by atoms with Crippen LogP contribution in [0.5, 0.6) is 5.75 Å². The van der Waals surface area contributed by atoms with Crippen molar-refractivity contribution in [3.63, 3.8) is 0 Å². The molecular formula is C27H26N4O2. The van der Waals surface area contributed by atoms with Gasteiger partial charge in [0, 0.05) is 29.8 Å². The molecule has 0 fully saturated rings. The molecule has 3 aromatic carbocycles. The van der Waals surface area contributed by atoms with Crippen LogP contribution in [0.1, 0.15) is 17.5 Å². The summed E-state index contributed by atoms with van der Waals surface area (Å²) in [5.41, 5.74) is 11.5. The summed E-state index contributed by atoms with van der Waals surface area (Å²) in [5.74, 6) is 0.779. The maximum Gasteiger partial charge on any atom is 0.275 e. The van der Waals surface area contributed by atoms with Gasteiger partial charge in [-0.15, -0.1) is 0 Å². The number of benzene rings is 3. The summed E-state index contributed by atoms with van der Waals surface area (Å²) in [5, 5.41) is 0.962. The van der Waals surface area contributed by atoms with Gasteiger partial charge in [-0.3, -0.25) is 4.79 Å². The Morgan fingerprint density at radius 3 is 2.73 bits per heavy atom. The lowest BCUT2D eigenvalue weighted by Crippen LogP contribution is -2.11. The first-order valence-electron chi connectivity index (χ1n) is 11.1. The second-order valence-corrected chi connectivity index (χ2v) is 8.27. The number of aromatic amines is 1. The number of ether oxygens (including phenoxy) is 1. The molecule has 0 aliphatic rings. The van der Waals surface area contributed by atoms with Crippen molar-refractivity contribution in [2.45, 2.75) is 26.5 Å². The van der Waals surface area contributed by atoms with Crippen LogP contribution >= 0.6 is 0 Å². The van der Waals surface area contributed by atoms with E-state index in [0.29, 0.717) is 18.8 Å². The molecule has 0 amide bonds. The van der Waals surface area contributed by atoms with E-state index in [2.05, 4.69) is 9.55 Å². The molecule has 0 spiro atoms. The molecule has 0 radical (unpaired) electrons. The maximum absolute atomic E-state index is 12.9. The van der Waals surface area contributed by atoms with Crippen molar-refractivity contribution < 1.29 is 4.74 Å². The first-order chi connectivity index (χ1) is 16.1. The third kappa shape index (κ3) is 4.25. The predicted molar refractivity (Wildman–Crippen MR) is 132 cm³/mol. The molecule has 5 rings (SSSR count). The Balaban J connectivity index is 1.58. The molecule has 6 heteroatoms. The quantitative estimate of drug-likeness (QED) is 0.383. The number of hydrogen-bond donors (Lipinski definition) is 2. The van der Waals surface area contributed by atoms with E-state index < -0.39 is 0 Å². The summed E-state index contributed by atoms with van der Waals surface area (Å²) in [7, 11) is 0. The Kier molecular flexibility index (Phi) is 5.67. The average molecular weight is 439 g/mol. The monoisotopic (exact) mass is 438 g/mol. The highest BCUT2D eigenvalue weighted by atomic mass is 16.5. The number of aromatic nitrogens is 3. The molecule has 3 N–H and O–H groups in total. The van der Waals surface area contributed by atoms with Gasteiger partial charge in [-0.1, -0.05) is 36.4 Å². The van der Waals surface area contributed by atoms with Crippen LogP contribution in [-0.4, -0.2) is 21.1 Å². The zero-order valence-electron chi connectivity index (χ0n) is 18.5. The standard InChI is InChI=1S/C27H26N4O2/c1-18-8-11-23-24(14-18)29-26(27(32)30-23)22-16-31(13-5-12-28)25-15-20(9-10-21(22)25)33-17-19-6-3-2-4-7-19/h2-4,6-11,14-16H,5,12-13,17,28H2,1H3,(H,30,32). The van der Waals surface area contributed by atoms with Gasteiger partial charge in [0.05, 0.1) is 16.6 Å². The fourth-order valence-electron chi connectivity index (χ4n) is 4.11. The largest absolute Gasteiger partial charge is 0.489 e. The van der Waals surface area contributed by atoms with Crippen LogP contribution in [0.25, 0.3) is 33.2 Å². The Morgan fingerprint density at radius 1 is 1.06 bits per heavy atom. The van der Waals surface area contributed by atoms with Gasteiger partial charge in [-0.25, -0.2) is 4.98 Å². The van der Waals surface area contributed by atoms with E-state index in [4.69, 9.17) is 15.5 Å². The maximum atomic E-state index is 12.9. The molecule has 33 heavy (non-hydrogen) atoms. The number of fused-ring (bicyclic) bond motifs is 2. The van der Waals surface area contributed by atoms with Crippen LogP contribution in [0.3, 0.4) is 0 Å². The van der Waals surface area contributed by atoms with Crippen molar-refractivity contribution in [3.8, 4) is 17.0 Å². The molecule has 0 atom stereocenters. The number of rotatable bonds is 7. The summed E-state index contributed by atoms with van der Waals surface area (Å²) >= 11 is 0. The summed E-state index contributed by atoms with van der Waals surface area (Å²) in [6, 6.07) is 21.9. The Labute approximate surface area is 191 Å². The van der Waals surface area contributed by atoms with E-state index in [-0.39, 0.29) is 5.56 Å². The second kappa shape index (κ2) is 8.92.